The van der Waals surface area contributed by atoms with Gasteiger partial charge in [0.15, 0.2) is 4.96 Å². The van der Waals surface area contributed by atoms with Crippen molar-refractivity contribution in [2.45, 2.75) is 13.5 Å². The van der Waals surface area contributed by atoms with Crippen molar-refractivity contribution < 1.29 is 4.92 Å². The molecule has 0 N–H and O–H groups in total. The number of rotatable bonds is 3. The lowest BCUT2D eigenvalue weighted by Crippen LogP contribution is -2.22. The van der Waals surface area contributed by atoms with Crippen LogP contribution in [0.4, 0.5) is 5.69 Å². The molecule has 9 heteroatoms. The van der Waals surface area contributed by atoms with Crippen LogP contribution in [0.25, 0.3) is 4.96 Å². The maximum Gasteiger partial charge on any atom is 0.288 e. The van der Waals surface area contributed by atoms with Gasteiger partial charge < -0.3 is 4.57 Å². The fraction of sp³-hybridized carbons (Fsp3) is 0.154. The van der Waals surface area contributed by atoms with Crippen molar-refractivity contribution in [2.75, 3.05) is 0 Å². The summed E-state index contributed by atoms with van der Waals surface area (Å²) < 4.78 is 2.57. The van der Waals surface area contributed by atoms with Crippen molar-refractivity contribution >= 4 is 22.0 Å². The number of nitrogens with zero attached hydrogens (tertiary/aromatic N) is 4. The summed E-state index contributed by atoms with van der Waals surface area (Å²) in [5.41, 5.74) is -0.0959. The lowest BCUT2D eigenvalue weighted by atomic mass is 10.2. The van der Waals surface area contributed by atoms with Crippen molar-refractivity contribution in [3.8, 4) is 0 Å². The molecule has 8 nitrogen and oxygen atoms in total. The lowest BCUT2D eigenvalue weighted by Gasteiger charge is -2.06. The first-order chi connectivity index (χ1) is 10.5. The summed E-state index contributed by atoms with van der Waals surface area (Å²) in [6, 6.07) is 2.52. The molecule has 0 aliphatic rings. The quantitative estimate of drug-likeness (QED) is 0.533. The molecule has 0 aromatic carbocycles. The minimum Gasteiger partial charge on any atom is -0.303 e. The standard InChI is InChI=1S/C13H10N4O4S/c1-8-4-11(18)15(7-10(8)17(20)21)6-9-5-12(19)16-2-3-22-13(16)14-9/h2-5,7H,6H2,1H3. The summed E-state index contributed by atoms with van der Waals surface area (Å²) >= 11 is 1.30. The second-order valence-corrected chi connectivity index (χ2v) is 5.58. The summed E-state index contributed by atoms with van der Waals surface area (Å²) in [5.74, 6) is 0. The van der Waals surface area contributed by atoms with Gasteiger partial charge >= 0.3 is 0 Å². The van der Waals surface area contributed by atoms with E-state index in [0.29, 0.717) is 16.2 Å². The fourth-order valence-corrected chi connectivity index (χ4v) is 2.85. The van der Waals surface area contributed by atoms with Gasteiger partial charge in [0.25, 0.3) is 16.8 Å². The van der Waals surface area contributed by atoms with Gasteiger partial charge in [0, 0.05) is 29.3 Å². The Bertz CT molecular complexity index is 1000. The van der Waals surface area contributed by atoms with E-state index in [0.717, 1.165) is 0 Å². The highest BCUT2D eigenvalue weighted by Crippen LogP contribution is 2.14. The minimum absolute atomic E-state index is 0.00356. The van der Waals surface area contributed by atoms with Gasteiger partial charge in [-0.1, -0.05) is 0 Å². The Morgan fingerprint density at radius 1 is 1.32 bits per heavy atom. The fourth-order valence-electron chi connectivity index (χ4n) is 2.11. The van der Waals surface area contributed by atoms with E-state index in [-0.39, 0.29) is 23.4 Å². The lowest BCUT2D eigenvalue weighted by molar-refractivity contribution is -0.385. The van der Waals surface area contributed by atoms with Gasteiger partial charge in [-0.25, -0.2) is 4.98 Å². The molecule has 0 bridgehead atoms. The van der Waals surface area contributed by atoms with E-state index < -0.39 is 4.92 Å². The van der Waals surface area contributed by atoms with Gasteiger partial charge in [-0.3, -0.25) is 24.1 Å². The van der Waals surface area contributed by atoms with E-state index in [2.05, 4.69) is 4.98 Å². The normalized spacial score (nSPS) is 11.0. The molecule has 0 radical (unpaired) electrons. The van der Waals surface area contributed by atoms with Gasteiger partial charge in [-0.05, 0) is 6.92 Å². The molecule has 3 aromatic heterocycles. The number of nitro groups is 1. The van der Waals surface area contributed by atoms with Crippen LogP contribution in [0.3, 0.4) is 0 Å². The zero-order chi connectivity index (χ0) is 15.9. The van der Waals surface area contributed by atoms with Gasteiger partial charge in [0.1, 0.15) is 0 Å². The van der Waals surface area contributed by atoms with Crippen LogP contribution in [0.2, 0.25) is 0 Å². The van der Waals surface area contributed by atoms with Gasteiger partial charge in [-0.15, -0.1) is 11.3 Å². The molecule has 22 heavy (non-hydrogen) atoms. The van der Waals surface area contributed by atoms with E-state index in [1.165, 1.54) is 45.6 Å². The molecule has 3 aromatic rings. The van der Waals surface area contributed by atoms with Crippen LogP contribution in [0.15, 0.2) is 39.5 Å². The molecular formula is C13H10N4O4S. The Morgan fingerprint density at radius 3 is 2.82 bits per heavy atom. The van der Waals surface area contributed by atoms with Crippen LogP contribution in [0.1, 0.15) is 11.3 Å². The first-order valence-corrected chi connectivity index (χ1v) is 7.15. The van der Waals surface area contributed by atoms with Crippen molar-refractivity contribution in [3.05, 3.63) is 72.0 Å². The van der Waals surface area contributed by atoms with E-state index in [9.17, 15) is 19.7 Å². The highest BCUT2D eigenvalue weighted by Gasteiger charge is 2.14. The first kappa shape index (κ1) is 14.1. The van der Waals surface area contributed by atoms with Crippen LogP contribution in [-0.2, 0) is 6.54 Å². The number of aromatic nitrogens is 3. The molecule has 0 unspecified atom stereocenters. The Balaban J connectivity index is 2.08. The Hall–Kier alpha value is -2.81. The van der Waals surface area contributed by atoms with Crippen LogP contribution in [0.5, 0.6) is 0 Å². The Kier molecular flexibility index (Phi) is 3.33. The predicted octanol–water partition coefficient (Wildman–Crippen LogP) is 1.18. The van der Waals surface area contributed by atoms with Crippen molar-refractivity contribution in [1.82, 2.24) is 14.0 Å². The largest absolute Gasteiger partial charge is 0.303 e. The minimum atomic E-state index is -0.546. The Morgan fingerprint density at radius 2 is 2.09 bits per heavy atom. The molecule has 0 aliphatic heterocycles. The van der Waals surface area contributed by atoms with Crippen LogP contribution in [-0.4, -0.2) is 18.9 Å². The molecular weight excluding hydrogens is 308 g/mol. The summed E-state index contributed by atoms with van der Waals surface area (Å²) in [6.45, 7) is 1.51. The maximum absolute atomic E-state index is 11.9. The SMILES string of the molecule is Cc1cc(=O)n(Cc2cc(=O)n3ccsc3n2)cc1[N+](=O)[O-]. The third kappa shape index (κ3) is 2.42. The van der Waals surface area contributed by atoms with E-state index >= 15 is 0 Å². The monoisotopic (exact) mass is 318 g/mol. The highest BCUT2D eigenvalue weighted by atomic mass is 32.1. The van der Waals surface area contributed by atoms with E-state index in [1.807, 2.05) is 0 Å². The van der Waals surface area contributed by atoms with E-state index in [4.69, 9.17) is 0 Å². The summed E-state index contributed by atoms with van der Waals surface area (Å²) in [4.78, 5) is 39.1. The van der Waals surface area contributed by atoms with E-state index in [1.54, 1.807) is 11.6 Å². The molecule has 0 aliphatic carbocycles. The number of hydrogen-bond donors (Lipinski definition) is 0. The summed E-state index contributed by atoms with van der Waals surface area (Å²) in [7, 11) is 0. The average molecular weight is 318 g/mol. The van der Waals surface area contributed by atoms with Crippen LogP contribution < -0.4 is 11.1 Å². The molecule has 112 valence electrons. The molecule has 0 atom stereocenters. The second-order valence-electron chi connectivity index (χ2n) is 4.71. The summed E-state index contributed by atoms with van der Waals surface area (Å²) in [6.07, 6.45) is 2.79. The molecule has 3 heterocycles. The number of aryl methyl sites for hydroxylation is 1. The average Bonchev–Trinajstić information content (AvgIpc) is 2.90. The maximum atomic E-state index is 11.9. The van der Waals surface area contributed by atoms with Crippen LogP contribution >= 0.6 is 11.3 Å². The zero-order valence-corrected chi connectivity index (χ0v) is 12.2. The third-order valence-corrected chi connectivity index (χ3v) is 3.95. The van der Waals surface area contributed by atoms with Gasteiger partial charge in [0.05, 0.1) is 23.4 Å². The highest BCUT2D eigenvalue weighted by molar-refractivity contribution is 7.15. The van der Waals surface area contributed by atoms with Crippen molar-refractivity contribution in [2.24, 2.45) is 0 Å². The summed E-state index contributed by atoms with van der Waals surface area (Å²) in [5, 5.41) is 12.7. The number of pyridine rings is 1. The number of fused-ring (bicyclic) bond motifs is 1. The number of thiazole rings is 1. The van der Waals surface area contributed by atoms with Crippen molar-refractivity contribution in [1.29, 1.82) is 0 Å². The molecule has 0 spiro atoms. The predicted molar refractivity (Wildman–Crippen MR) is 80.5 cm³/mol. The van der Waals surface area contributed by atoms with Gasteiger partial charge in [-0.2, -0.15) is 0 Å². The van der Waals surface area contributed by atoms with Gasteiger partial charge in [0.2, 0.25) is 0 Å². The number of hydrogen-bond acceptors (Lipinski definition) is 6. The zero-order valence-electron chi connectivity index (χ0n) is 11.4. The second kappa shape index (κ2) is 5.19. The van der Waals surface area contributed by atoms with Crippen LogP contribution in [0, 0.1) is 17.0 Å². The molecule has 3 rings (SSSR count). The molecule has 0 amide bonds. The molecule has 0 saturated carbocycles. The molecule has 0 saturated heterocycles. The topological polar surface area (TPSA) is 99.5 Å². The first-order valence-electron chi connectivity index (χ1n) is 6.27. The third-order valence-electron chi connectivity index (χ3n) is 3.19. The smallest absolute Gasteiger partial charge is 0.288 e. The molecule has 0 fully saturated rings. The van der Waals surface area contributed by atoms with Crippen molar-refractivity contribution in [3.63, 3.8) is 0 Å². The Labute approximate surface area is 127 Å².